The minimum absolute atomic E-state index is 0.0961. The van der Waals surface area contributed by atoms with Gasteiger partial charge < -0.3 is 24.8 Å². The highest BCUT2D eigenvalue weighted by atomic mass is 16.6. The molecule has 8 heteroatoms. The lowest BCUT2D eigenvalue weighted by molar-refractivity contribution is -0.162. The van der Waals surface area contributed by atoms with Crippen LogP contribution in [0.5, 0.6) is 0 Å². The van der Waals surface area contributed by atoms with Gasteiger partial charge in [-0.05, 0) is 62.8 Å². The molecule has 7 atom stereocenters. The van der Waals surface area contributed by atoms with Crippen molar-refractivity contribution >= 4 is 23.5 Å². The fraction of sp³-hybridized carbons (Fsp3) is 0.500. The number of likely N-dealkylation sites (tertiary alicyclic amines) is 1. The number of fused-ring (bicyclic) bond motifs is 1. The van der Waals surface area contributed by atoms with E-state index in [1.807, 2.05) is 76.2 Å². The van der Waals surface area contributed by atoms with Crippen molar-refractivity contribution in [1.82, 2.24) is 4.90 Å². The Kier molecular flexibility index (Phi) is 6.60. The second-order valence-electron chi connectivity index (χ2n) is 11.1. The lowest BCUT2D eigenvalue weighted by Crippen LogP contribution is -2.54. The summed E-state index contributed by atoms with van der Waals surface area (Å²) in [5.41, 5.74) is 1.05. The Morgan fingerprint density at radius 2 is 1.92 bits per heavy atom. The van der Waals surface area contributed by atoms with Gasteiger partial charge in [0, 0.05) is 5.69 Å². The van der Waals surface area contributed by atoms with Crippen LogP contribution in [0.15, 0.2) is 48.5 Å². The van der Waals surface area contributed by atoms with Crippen LogP contribution in [-0.2, 0) is 23.9 Å². The smallest absolute Gasteiger partial charge is 0.312 e. The Hall–Kier alpha value is -3.23. The molecule has 38 heavy (non-hydrogen) atoms. The first kappa shape index (κ1) is 26.4. The number of nitrogens with zero attached hydrogens (tertiary/aromatic N) is 1. The number of amides is 2. The molecular formula is C30H36N2O6. The maximum atomic E-state index is 14.3. The molecule has 8 nitrogen and oxygen atoms in total. The summed E-state index contributed by atoms with van der Waals surface area (Å²) >= 11 is 0. The first-order chi connectivity index (χ1) is 18.1. The fourth-order valence-electron chi connectivity index (χ4n) is 7.00. The maximum Gasteiger partial charge on any atom is 0.312 e. The molecule has 2 N–H and O–H groups in total. The van der Waals surface area contributed by atoms with E-state index in [1.165, 1.54) is 4.90 Å². The molecule has 5 rings (SSSR count). The molecule has 0 aromatic heterocycles. The van der Waals surface area contributed by atoms with Gasteiger partial charge in [-0.25, -0.2) is 0 Å². The minimum Gasteiger partial charge on any atom is -0.466 e. The number of aliphatic hydroxyl groups is 1. The van der Waals surface area contributed by atoms with Gasteiger partial charge in [-0.3, -0.25) is 14.4 Å². The van der Waals surface area contributed by atoms with E-state index in [2.05, 4.69) is 5.32 Å². The Morgan fingerprint density at radius 3 is 2.58 bits per heavy atom. The van der Waals surface area contributed by atoms with Crippen LogP contribution in [0.1, 0.15) is 49.9 Å². The van der Waals surface area contributed by atoms with Gasteiger partial charge in [-0.2, -0.15) is 0 Å². The second kappa shape index (κ2) is 9.50. The van der Waals surface area contributed by atoms with E-state index in [9.17, 15) is 19.5 Å². The third kappa shape index (κ3) is 3.76. The summed E-state index contributed by atoms with van der Waals surface area (Å²) in [7, 11) is 0. The number of aryl methyl sites for hydroxylation is 2. The average molecular weight is 521 g/mol. The van der Waals surface area contributed by atoms with E-state index >= 15 is 0 Å². The van der Waals surface area contributed by atoms with Gasteiger partial charge in [-0.1, -0.05) is 49.4 Å². The zero-order valence-corrected chi connectivity index (χ0v) is 22.6. The van der Waals surface area contributed by atoms with Crippen molar-refractivity contribution in [2.75, 3.05) is 18.5 Å². The van der Waals surface area contributed by atoms with Gasteiger partial charge in [-0.15, -0.1) is 0 Å². The van der Waals surface area contributed by atoms with E-state index in [1.54, 1.807) is 6.92 Å². The van der Waals surface area contributed by atoms with E-state index in [-0.39, 0.29) is 25.0 Å². The van der Waals surface area contributed by atoms with Gasteiger partial charge in [0.2, 0.25) is 11.8 Å². The molecule has 3 aliphatic heterocycles. The van der Waals surface area contributed by atoms with Crippen molar-refractivity contribution in [3.63, 3.8) is 0 Å². The summed E-state index contributed by atoms with van der Waals surface area (Å²) in [5, 5.41) is 13.6. The minimum atomic E-state index is -1.23. The van der Waals surface area contributed by atoms with Crippen LogP contribution in [-0.4, -0.2) is 58.2 Å². The zero-order chi connectivity index (χ0) is 27.4. The highest BCUT2D eigenvalue weighted by Crippen LogP contribution is 2.66. The zero-order valence-electron chi connectivity index (χ0n) is 22.6. The van der Waals surface area contributed by atoms with Crippen LogP contribution in [0.3, 0.4) is 0 Å². The largest absolute Gasteiger partial charge is 0.466 e. The first-order valence-corrected chi connectivity index (χ1v) is 13.3. The predicted octanol–water partition coefficient (Wildman–Crippen LogP) is 3.55. The number of carbonyl (C=O) groups excluding carboxylic acids is 3. The molecule has 0 aliphatic carbocycles. The molecule has 0 saturated carbocycles. The van der Waals surface area contributed by atoms with E-state index in [0.29, 0.717) is 17.7 Å². The van der Waals surface area contributed by atoms with Gasteiger partial charge in [0.25, 0.3) is 0 Å². The van der Waals surface area contributed by atoms with Crippen molar-refractivity contribution in [1.29, 1.82) is 0 Å². The van der Waals surface area contributed by atoms with E-state index in [0.717, 1.165) is 11.1 Å². The second-order valence-corrected chi connectivity index (χ2v) is 11.1. The molecule has 1 spiro atoms. The Balaban J connectivity index is 1.65. The van der Waals surface area contributed by atoms with E-state index < -0.39 is 47.0 Å². The average Bonchev–Trinajstić information content (AvgIpc) is 3.40. The summed E-state index contributed by atoms with van der Waals surface area (Å²) < 4.78 is 12.1. The molecule has 2 aromatic carbocycles. The maximum absolute atomic E-state index is 14.3. The molecule has 3 heterocycles. The number of rotatable bonds is 7. The summed E-state index contributed by atoms with van der Waals surface area (Å²) in [6, 6.07) is 13.1. The van der Waals surface area contributed by atoms with Gasteiger partial charge in [0.05, 0.1) is 30.8 Å². The lowest BCUT2D eigenvalue weighted by atomic mass is 9.62. The fourth-order valence-corrected chi connectivity index (χ4v) is 7.00. The molecule has 3 aliphatic rings. The number of hydrogen-bond acceptors (Lipinski definition) is 6. The number of carbonyl (C=O) groups is 3. The van der Waals surface area contributed by atoms with Gasteiger partial charge >= 0.3 is 5.97 Å². The van der Waals surface area contributed by atoms with Crippen molar-refractivity contribution in [2.24, 2.45) is 17.8 Å². The third-order valence-electron chi connectivity index (χ3n) is 8.89. The highest BCUT2D eigenvalue weighted by Gasteiger charge is 2.80. The standard InChI is InChI=1S/C30H36N2O6/c1-6-37-28(36)24-23-27(35)32(22(16-33)20-10-8-7-9-11-20)25(30(23)15-19(4)29(24,5)38-30)26(34)31-21-14-17(2)12-13-18(21)3/h7-14,19,22-25,33H,6,15-16H2,1-5H3,(H,31,34)/t19?,22-,23+,24-,25?,29+,30?/m1/s1. The molecule has 3 fully saturated rings. The van der Waals surface area contributed by atoms with Crippen LogP contribution >= 0.6 is 0 Å². The topological polar surface area (TPSA) is 105 Å². The summed E-state index contributed by atoms with van der Waals surface area (Å²) in [5.74, 6) is -3.10. The highest BCUT2D eigenvalue weighted by molar-refractivity contribution is 6.04. The molecule has 3 unspecified atom stereocenters. The molecule has 202 valence electrons. The summed E-state index contributed by atoms with van der Waals surface area (Å²) in [6.07, 6.45) is 0.435. The molecule has 2 aromatic rings. The molecular weight excluding hydrogens is 484 g/mol. The lowest BCUT2D eigenvalue weighted by Gasteiger charge is -2.37. The van der Waals surface area contributed by atoms with Crippen molar-refractivity contribution in [2.45, 2.75) is 64.3 Å². The Labute approximate surface area is 223 Å². The summed E-state index contributed by atoms with van der Waals surface area (Å²) in [4.78, 5) is 43.4. The Bertz CT molecular complexity index is 1260. The van der Waals surface area contributed by atoms with Crippen LogP contribution in [0, 0.1) is 31.6 Å². The van der Waals surface area contributed by atoms with Crippen molar-refractivity contribution in [3.8, 4) is 0 Å². The van der Waals surface area contributed by atoms with Gasteiger partial charge in [0.15, 0.2) is 0 Å². The first-order valence-electron chi connectivity index (χ1n) is 13.3. The van der Waals surface area contributed by atoms with Crippen LogP contribution < -0.4 is 5.32 Å². The molecule has 3 saturated heterocycles. The number of esters is 1. The number of benzene rings is 2. The van der Waals surface area contributed by atoms with Crippen LogP contribution in [0.25, 0.3) is 0 Å². The number of anilines is 1. The third-order valence-corrected chi connectivity index (χ3v) is 8.89. The SMILES string of the molecule is CCOC(=O)[C@H]1[C@H]2C(=O)N([C@H](CO)c3ccccc3)C(C(=O)Nc3cc(C)ccc3C)C23CC(C)[C@]1(C)O3. The molecule has 2 amide bonds. The predicted molar refractivity (Wildman–Crippen MR) is 141 cm³/mol. The van der Waals surface area contributed by atoms with Crippen LogP contribution in [0.2, 0.25) is 0 Å². The number of ether oxygens (including phenoxy) is 2. The molecule has 0 radical (unpaired) electrons. The van der Waals surface area contributed by atoms with Crippen LogP contribution in [0.4, 0.5) is 5.69 Å². The van der Waals surface area contributed by atoms with Crippen molar-refractivity contribution in [3.05, 3.63) is 65.2 Å². The number of hydrogen-bond donors (Lipinski definition) is 2. The van der Waals surface area contributed by atoms with Crippen molar-refractivity contribution < 1.29 is 29.0 Å². The number of aliphatic hydroxyl groups excluding tert-OH is 1. The monoisotopic (exact) mass is 520 g/mol. The Morgan fingerprint density at radius 1 is 1.21 bits per heavy atom. The summed E-state index contributed by atoms with van der Waals surface area (Å²) in [6.45, 7) is 9.22. The quantitative estimate of drug-likeness (QED) is 0.541. The van der Waals surface area contributed by atoms with Gasteiger partial charge in [0.1, 0.15) is 17.6 Å². The number of nitrogens with one attached hydrogen (secondary N) is 1. The normalized spacial score (nSPS) is 32.3. The van der Waals surface area contributed by atoms with E-state index in [4.69, 9.17) is 9.47 Å². The molecule has 2 bridgehead atoms.